The van der Waals surface area contributed by atoms with Crippen LogP contribution in [0.5, 0.6) is 0 Å². The van der Waals surface area contributed by atoms with Gasteiger partial charge in [-0.25, -0.2) is 9.97 Å². The number of nitrogens with zero attached hydrogens (tertiary/aromatic N) is 2. The van der Waals surface area contributed by atoms with E-state index in [4.69, 9.17) is 11.6 Å². The van der Waals surface area contributed by atoms with Gasteiger partial charge in [0.2, 0.25) is 0 Å². The highest BCUT2D eigenvalue weighted by molar-refractivity contribution is 6.30. The smallest absolute Gasteiger partial charge is 0.270 e. The Kier molecular flexibility index (Phi) is 5.78. The minimum absolute atomic E-state index is 0.136. The molecule has 2 N–H and O–H groups in total. The Labute approximate surface area is 147 Å². The molecule has 0 fully saturated rings. The highest BCUT2D eigenvalue weighted by atomic mass is 35.5. The summed E-state index contributed by atoms with van der Waals surface area (Å²) in [5.74, 6) is 1.01. The van der Waals surface area contributed by atoms with Crippen LogP contribution in [-0.4, -0.2) is 28.0 Å². The molecule has 128 valence electrons. The lowest BCUT2D eigenvalue weighted by Gasteiger charge is -2.21. The van der Waals surface area contributed by atoms with Crippen LogP contribution in [0, 0.1) is 6.92 Å². The first kappa shape index (κ1) is 18.2. The fourth-order valence-electron chi connectivity index (χ4n) is 2.19. The number of rotatable bonds is 5. The number of aryl methyl sites for hydroxylation is 1. The van der Waals surface area contributed by atoms with Crippen molar-refractivity contribution in [3.63, 3.8) is 0 Å². The normalized spacial score (nSPS) is 11.2. The predicted octanol–water partition coefficient (Wildman–Crippen LogP) is 3.62. The van der Waals surface area contributed by atoms with Gasteiger partial charge in [0.05, 0.1) is 0 Å². The summed E-state index contributed by atoms with van der Waals surface area (Å²) >= 11 is 5.86. The number of hydrogen-bond acceptors (Lipinski definition) is 4. The Hall–Kier alpha value is -2.14. The zero-order valence-electron chi connectivity index (χ0n) is 14.5. The molecule has 1 amide bonds. The summed E-state index contributed by atoms with van der Waals surface area (Å²) in [6.07, 6.45) is 0.736. The minimum Gasteiger partial charge on any atom is -0.365 e. The Bertz CT molecular complexity index is 708. The number of amides is 1. The Morgan fingerprint density at radius 3 is 2.46 bits per heavy atom. The van der Waals surface area contributed by atoms with Crippen LogP contribution < -0.4 is 10.6 Å². The third-order valence-corrected chi connectivity index (χ3v) is 3.44. The molecular formula is C18H23ClN4O. The van der Waals surface area contributed by atoms with Gasteiger partial charge >= 0.3 is 0 Å². The van der Waals surface area contributed by atoms with Crippen molar-refractivity contribution < 1.29 is 4.79 Å². The van der Waals surface area contributed by atoms with E-state index in [0.29, 0.717) is 28.9 Å². The van der Waals surface area contributed by atoms with Gasteiger partial charge in [-0.3, -0.25) is 4.79 Å². The van der Waals surface area contributed by atoms with E-state index in [1.54, 1.807) is 13.0 Å². The molecule has 2 aromatic rings. The third-order valence-electron chi connectivity index (χ3n) is 3.19. The SMILES string of the molecule is Cc1nc(NC(C)(C)C)cc(C(=O)NCCc2ccc(Cl)cc2)n1. The molecule has 0 saturated heterocycles. The highest BCUT2D eigenvalue weighted by Crippen LogP contribution is 2.13. The van der Waals surface area contributed by atoms with Gasteiger partial charge in [-0.2, -0.15) is 0 Å². The van der Waals surface area contributed by atoms with Crippen molar-refractivity contribution in [1.82, 2.24) is 15.3 Å². The second-order valence-corrected chi connectivity index (χ2v) is 7.13. The van der Waals surface area contributed by atoms with E-state index in [9.17, 15) is 4.79 Å². The zero-order valence-corrected chi connectivity index (χ0v) is 15.2. The summed E-state index contributed by atoms with van der Waals surface area (Å²) in [6.45, 7) is 8.42. The average Bonchev–Trinajstić information content (AvgIpc) is 2.46. The van der Waals surface area contributed by atoms with Crippen molar-refractivity contribution in [2.45, 2.75) is 39.7 Å². The molecule has 0 aliphatic heterocycles. The van der Waals surface area contributed by atoms with Crippen molar-refractivity contribution >= 4 is 23.3 Å². The summed E-state index contributed by atoms with van der Waals surface area (Å²) in [7, 11) is 0. The molecule has 0 aliphatic rings. The lowest BCUT2D eigenvalue weighted by atomic mass is 10.1. The van der Waals surface area contributed by atoms with E-state index in [-0.39, 0.29) is 11.4 Å². The van der Waals surface area contributed by atoms with Crippen molar-refractivity contribution in [3.8, 4) is 0 Å². The molecule has 0 spiro atoms. The Morgan fingerprint density at radius 2 is 1.83 bits per heavy atom. The molecule has 0 saturated carbocycles. The summed E-state index contributed by atoms with van der Waals surface area (Å²) in [5, 5.41) is 6.86. The quantitative estimate of drug-likeness (QED) is 0.867. The van der Waals surface area contributed by atoms with Crippen molar-refractivity contribution in [2.75, 3.05) is 11.9 Å². The highest BCUT2D eigenvalue weighted by Gasteiger charge is 2.14. The summed E-state index contributed by atoms with van der Waals surface area (Å²) in [6, 6.07) is 9.27. The van der Waals surface area contributed by atoms with Gasteiger partial charge in [0, 0.05) is 23.2 Å². The van der Waals surface area contributed by atoms with Gasteiger partial charge < -0.3 is 10.6 Å². The summed E-state index contributed by atoms with van der Waals surface area (Å²) < 4.78 is 0. The summed E-state index contributed by atoms with van der Waals surface area (Å²) in [4.78, 5) is 20.9. The number of aromatic nitrogens is 2. The van der Waals surface area contributed by atoms with Gasteiger partial charge in [0.15, 0.2) is 0 Å². The molecule has 5 nitrogen and oxygen atoms in total. The molecule has 1 aromatic heterocycles. The second-order valence-electron chi connectivity index (χ2n) is 6.69. The number of halogens is 1. The lowest BCUT2D eigenvalue weighted by molar-refractivity contribution is 0.0948. The lowest BCUT2D eigenvalue weighted by Crippen LogP contribution is -2.29. The Morgan fingerprint density at radius 1 is 1.17 bits per heavy atom. The van der Waals surface area contributed by atoms with Crippen LogP contribution in [0.15, 0.2) is 30.3 Å². The molecule has 0 radical (unpaired) electrons. The Balaban J connectivity index is 1.97. The van der Waals surface area contributed by atoms with Crippen LogP contribution in [0.1, 0.15) is 42.6 Å². The zero-order chi connectivity index (χ0) is 17.7. The van der Waals surface area contributed by atoms with E-state index in [1.165, 1.54) is 0 Å². The number of carbonyl (C=O) groups is 1. The first-order valence-electron chi connectivity index (χ1n) is 7.89. The van der Waals surface area contributed by atoms with Crippen LogP contribution in [0.3, 0.4) is 0 Å². The number of nitrogens with one attached hydrogen (secondary N) is 2. The van der Waals surface area contributed by atoms with E-state index >= 15 is 0 Å². The fourth-order valence-corrected chi connectivity index (χ4v) is 2.32. The van der Waals surface area contributed by atoms with E-state index in [1.807, 2.05) is 45.0 Å². The number of benzene rings is 1. The third kappa shape index (κ3) is 5.81. The van der Waals surface area contributed by atoms with Crippen molar-refractivity contribution in [2.24, 2.45) is 0 Å². The van der Waals surface area contributed by atoms with Crippen LogP contribution in [0.2, 0.25) is 5.02 Å². The van der Waals surface area contributed by atoms with Gasteiger partial charge in [0.25, 0.3) is 5.91 Å². The maximum absolute atomic E-state index is 12.3. The van der Waals surface area contributed by atoms with Gasteiger partial charge in [-0.05, 0) is 51.8 Å². The molecule has 0 atom stereocenters. The van der Waals surface area contributed by atoms with Crippen molar-refractivity contribution in [1.29, 1.82) is 0 Å². The topological polar surface area (TPSA) is 66.9 Å². The molecule has 0 unspecified atom stereocenters. The van der Waals surface area contributed by atoms with E-state index in [0.717, 1.165) is 12.0 Å². The second kappa shape index (κ2) is 7.62. The van der Waals surface area contributed by atoms with Crippen LogP contribution >= 0.6 is 11.6 Å². The standard InChI is InChI=1S/C18H23ClN4O/c1-12-21-15(11-16(22-12)23-18(2,3)4)17(24)20-10-9-13-5-7-14(19)8-6-13/h5-8,11H,9-10H2,1-4H3,(H,20,24)(H,21,22,23). The minimum atomic E-state index is -0.202. The predicted molar refractivity (Wildman–Crippen MR) is 97.6 cm³/mol. The molecule has 6 heteroatoms. The van der Waals surface area contributed by atoms with Crippen molar-refractivity contribution in [3.05, 3.63) is 52.4 Å². The molecule has 24 heavy (non-hydrogen) atoms. The molecule has 1 aromatic carbocycles. The van der Waals surface area contributed by atoms with E-state index < -0.39 is 0 Å². The van der Waals surface area contributed by atoms with Crippen LogP contribution in [0.25, 0.3) is 0 Å². The fraction of sp³-hybridized carbons (Fsp3) is 0.389. The first-order chi connectivity index (χ1) is 11.2. The largest absolute Gasteiger partial charge is 0.365 e. The van der Waals surface area contributed by atoms with Gasteiger partial charge in [-0.15, -0.1) is 0 Å². The maximum Gasteiger partial charge on any atom is 0.270 e. The maximum atomic E-state index is 12.3. The molecular weight excluding hydrogens is 324 g/mol. The monoisotopic (exact) mass is 346 g/mol. The molecule has 2 rings (SSSR count). The number of hydrogen-bond donors (Lipinski definition) is 2. The van der Waals surface area contributed by atoms with Gasteiger partial charge in [-0.1, -0.05) is 23.7 Å². The number of anilines is 1. The van der Waals surface area contributed by atoms with Crippen LogP contribution in [0.4, 0.5) is 5.82 Å². The number of carbonyl (C=O) groups excluding carboxylic acids is 1. The molecule has 1 heterocycles. The average molecular weight is 347 g/mol. The van der Waals surface area contributed by atoms with Gasteiger partial charge in [0.1, 0.15) is 17.3 Å². The summed E-state index contributed by atoms with van der Waals surface area (Å²) in [5.41, 5.74) is 1.35. The van der Waals surface area contributed by atoms with Crippen LogP contribution in [-0.2, 0) is 6.42 Å². The molecule has 0 aliphatic carbocycles. The molecule has 0 bridgehead atoms. The van der Waals surface area contributed by atoms with E-state index in [2.05, 4.69) is 20.6 Å². The first-order valence-corrected chi connectivity index (χ1v) is 8.27.